The number of hydrogen-bond acceptors (Lipinski definition) is 3. The van der Waals surface area contributed by atoms with Gasteiger partial charge in [-0.3, -0.25) is 0 Å². The minimum Gasteiger partial charge on any atom is -0.497 e. The van der Waals surface area contributed by atoms with Gasteiger partial charge in [-0.25, -0.2) is 9.97 Å². The van der Waals surface area contributed by atoms with E-state index in [2.05, 4.69) is 21.8 Å². The third-order valence-corrected chi connectivity index (χ3v) is 4.07. The lowest BCUT2D eigenvalue weighted by atomic mass is 10.1. The minimum atomic E-state index is 0.106. The third-order valence-electron chi connectivity index (χ3n) is 3.54. The maximum Gasteiger partial charge on any atom is 0.224 e. The van der Waals surface area contributed by atoms with Gasteiger partial charge in [0.2, 0.25) is 5.28 Å². The molecule has 0 fully saturated rings. The number of nitrogens with zero attached hydrogens (tertiary/aromatic N) is 2. The molecule has 5 heteroatoms. The maximum atomic E-state index is 6.47. The second kappa shape index (κ2) is 7.57. The Morgan fingerprint density at radius 1 is 0.960 bits per heavy atom. The molecule has 124 valence electrons. The smallest absolute Gasteiger partial charge is 0.224 e. The van der Waals surface area contributed by atoms with Crippen LogP contribution >= 0.6 is 23.2 Å². The zero-order chi connectivity index (χ0) is 17.8. The first kappa shape index (κ1) is 17.3. The van der Waals surface area contributed by atoms with Crippen molar-refractivity contribution in [1.29, 1.82) is 0 Å². The minimum absolute atomic E-state index is 0.106. The fraction of sp³-hybridized carbons (Fsp3) is 0.100. The molecule has 0 spiro atoms. The molecule has 0 N–H and O–H groups in total. The highest BCUT2D eigenvalue weighted by molar-refractivity contribution is 6.34. The van der Waals surface area contributed by atoms with Crippen LogP contribution in [0.3, 0.4) is 0 Å². The molecule has 25 heavy (non-hydrogen) atoms. The van der Waals surface area contributed by atoms with Crippen LogP contribution in [0.1, 0.15) is 16.8 Å². The maximum absolute atomic E-state index is 6.47. The molecule has 3 aromatic rings. The van der Waals surface area contributed by atoms with Crippen molar-refractivity contribution in [3.05, 3.63) is 75.7 Å². The summed E-state index contributed by atoms with van der Waals surface area (Å²) < 4.78 is 5.20. The first-order chi connectivity index (χ1) is 12.1. The van der Waals surface area contributed by atoms with Crippen molar-refractivity contribution in [1.82, 2.24) is 9.97 Å². The summed E-state index contributed by atoms with van der Waals surface area (Å²) in [5, 5.41) is 0.485. The van der Waals surface area contributed by atoms with Crippen molar-refractivity contribution in [2.24, 2.45) is 0 Å². The Morgan fingerprint density at radius 3 is 2.44 bits per heavy atom. The lowest BCUT2D eigenvalue weighted by molar-refractivity contribution is 0.414. The van der Waals surface area contributed by atoms with Crippen LogP contribution in [-0.4, -0.2) is 17.1 Å². The molecule has 0 saturated carbocycles. The zero-order valence-corrected chi connectivity index (χ0v) is 15.2. The summed E-state index contributed by atoms with van der Waals surface area (Å²) in [4.78, 5) is 8.40. The van der Waals surface area contributed by atoms with E-state index in [0.29, 0.717) is 16.4 Å². The highest BCUT2D eigenvalue weighted by atomic mass is 35.5. The van der Waals surface area contributed by atoms with Gasteiger partial charge in [0.25, 0.3) is 0 Å². The average Bonchev–Trinajstić information content (AvgIpc) is 2.63. The van der Waals surface area contributed by atoms with E-state index < -0.39 is 0 Å². The Balaban J connectivity index is 2.03. The first-order valence-corrected chi connectivity index (χ1v) is 8.28. The molecule has 0 aliphatic carbocycles. The largest absolute Gasteiger partial charge is 0.497 e. The van der Waals surface area contributed by atoms with E-state index in [0.717, 1.165) is 22.4 Å². The summed E-state index contributed by atoms with van der Waals surface area (Å²) in [6.45, 7) is 2.02. The van der Waals surface area contributed by atoms with Gasteiger partial charge >= 0.3 is 0 Å². The molecular formula is C20H14Cl2N2O. The van der Waals surface area contributed by atoms with Crippen molar-refractivity contribution >= 4 is 23.2 Å². The SMILES string of the molecule is COc1cccc(C#Cc2nc(Cl)nc(-c3ccc(C)cc3)c2Cl)c1. The molecule has 0 amide bonds. The summed E-state index contributed by atoms with van der Waals surface area (Å²) in [7, 11) is 1.61. The molecule has 2 aromatic carbocycles. The van der Waals surface area contributed by atoms with Gasteiger partial charge in [-0.05, 0) is 42.6 Å². The second-order valence-corrected chi connectivity index (χ2v) is 6.07. The van der Waals surface area contributed by atoms with E-state index in [1.807, 2.05) is 55.5 Å². The fourth-order valence-electron chi connectivity index (χ4n) is 2.24. The standard InChI is InChI=1S/C20H14Cl2N2O/c1-13-6-9-15(10-7-13)19-18(21)17(23-20(22)24-19)11-8-14-4-3-5-16(12-14)25-2/h3-7,9-10,12H,1-2H3. The number of ether oxygens (including phenoxy) is 1. The number of benzene rings is 2. The molecule has 0 saturated heterocycles. The van der Waals surface area contributed by atoms with Crippen LogP contribution in [0.2, 0.25) is 10.3 Å². The van der Waals surface area contributed by atoms with E-state index >= 15 is 0 Å². The van der Waals surface area contributed by atoms with E-state index in [4.69, 9.17) is 27.9 Å². The van der Waals surface area contributed by atoms with Gasteiger partial charge in [-0.1, -0.05) is 53.4 Å². The van der Waals surface area contributed by atoms with Gasteiger partial charge in [0.15, 0.2) is 0 Å². The van der Waals surface area contributed by atoms with Crippen LogP contribution in [0, 0.1) is 18.8 Å². The Kier molecular flexibility index (Phi) is 5.23. The molecule has 1 heterocycles. The van der Waals surface area contributed by atoms with Crippen LogP contribution in [0.5, 0.6) is 5.75 Å². The van der Waals surface area contributed by atoms with Crippen LogP contribution in [-0.2, 0) is 0 Å². The van der Waals surface area contributed by atoms with E-state index in [1.54, 1.807) is 7.11 Å². The monoisotopic (exact) mass is 368 g/mol. The van der Waals surface area contributed by atoms with Gasteiger partial charge in [0.1, 0.15) is 16.5 Å². The molecule has 0 unspecified atom stereocenters. The Bertz CT molecular complexity index is 973. The zero-order valence-electron chi connectivity index (χ0n) is 13.7. The van der Waals surface area contributed by atoms with E-state index in [9.17, 15) is 0 Å². The molecule has 0 aliphatic heterocycles. The quantitative estimate of drug-likeness (QED) is 0.462. The van der Waals surface area contributed by atoms with E-state index in [-0.39, 0.29) is 5.28 Å². The predicted octanol–water partition coefficient (Wildman–Crippen LogP) is 5.17. The highest BCUT2D eigenvalue weighted by Gasteiger charge is 2.12. The summed E-state index contributed by atoms with van der Waals surface area (Å²) in [6, 6.07) is 15.3. The first-order valence-electron chi connectivity index (χ1n) is 7.53. The summed E-state index contributed by atoms with van der Waals surface area (Å²) >= 11 is 12.5. The predicted molar refractivity (Wildman–Crippen MR) is 101 cm³/mol. The Labute approximate surface area is 156 Å². The summed E-state index contributed by atoms with van der Waals surface area (Å²) in [6.07, 6.45) is 0. The Morgan fingerprint density at radius 2 is 1.72 bits per heavy atom. The lowest BCUT2D eigenvalue weighted by Crippen LogP contribution is -1.95. The number of hydrogen-bond donors (Lipinski definition) is 0. The molecule has 0 aliphatic rings. The molecule has 0 atom stereocenters. The van der Waals surface area contributed by atoms with Crippen molar-refractivity contribution in [2.45, 2.75) is 6.92 Å². The number of aryl methyl sites for hydroxylation is 1. The van der Waals surface area contributed by atoms with Crippen molar-refractivity contribution in [3.63, 3.8) is 0 Å². The number of rotatable bonds is 2. The number of methoxy groups -OCH3 is 1. The van der Waals surface area contributed by atoms with Crippen LogP contribution < -0.4 is 4.74 Å². The normalized spacial score (nSPS) is 10.1. The molecular weight excluding hydrogens is 355 g/mol. The van der Waals surface area contributed by atoms with Crippen LogP contribution in [0.25, 0.3) is 11.3 Å². The highest BCUT2D eigenvalue weighted by Crippen LogP contribution is 2.29. The topological polar surface area (TPSA) is 35.0 Å². The van der Waals surface area contributed by atoms with E-state index in [1.165, 1.54) is 0 Å². The molecule has 0 radical (unpaired) electrons. The van der Waals surface area contributed by atoms with Gasteiger partial charge in [-0.15, -0.1) is 0 Å². The number of halogens is 2. The lowest BCUT2D eigenvalue weighted by Gasteiger charge is -2.06. The summed E-state index contributed by atoms with van der Waals surface area (Å²) in [5.41, 5.74) is 3.76. The van der Waals surface area contributed by atoms with Crippen LogP contribution in [0.15, 0.2) is 48.5 Å². The van der Waals surface area contributed by atoms with Crippen molar-refractivity contribution in [2.75, 3.05) is 7.11 Å². The molecule has 0 bridgehead atoms. The Hall–Kier alpha value is -2.54. The summed E-state index contributed by atoms with van der Waals surface area (Å²) in [5.74, 6) is 6.73. The van der Waals surface area contributed by atoms with Gasteiger partial charge < -0.3 is 4.74 Å². The van der Waals surface area contributed by atoms with Crippen LogP contribution in [0.4, 0.5) is 0 Å². The average molecular weight is 369 g/mol. The molecule has 3 nitrogen and oxygen atoms in total. The molecule has 3 rings (SSSR count). The molecule has 1 aromatic heterocycles. The fourth-order valence-corrected chi connectivity index (χ4v) is 2.65. The third kappa shape index (κ3) is 4.11. The van der Waals surface area contributed by atoms with Crippen molar-refractivity contribution < 1.29 is 4.74 Å². The second-order valence-electron chi connectivity index (χ2n) is 5.35. The van der Waals surface area contributed by atoms with Gasteiger partial charge in [-0.2, -0.15) is 0 Å². The van der Waals surface area contributed by atoms with Crippen molar-refractivity contribution in [3.8, 4) is 28.8 Å². The number of aromatic nitrogens is 2. The van der Waals surface area contributed by atoms with Gasteiger partial charge in [0.05, 0.1) is 12.8 Å². The van der Waals surface area contributed by atoms with Gasteiger partial charge in [0, 0.05) is 11.1 Å².